The predicted octanol–water partition coefficient (Wildman–Crippen LogP) is 2.06. The third-order valence-electron chi connectivity index (χ3n) is 3.68. The van der Waals surface area contributed by atoms with Crippen molar-refractivity contribution in [2.24, 2.45) is 0 Å². The molecule has 1 aromatic carbocycles. The molecule has 1 N–H and O–H groups in total. The van der Waals surface area contributed by atoms with Gasteiger partial charge in [0, 0.05) is 37.9 Å². The minimum absolute atomic E-state index is 0.106. The normalized spacial score (nSPS) is 13.8. The molecule has 0 saturated carbocycles. The second kappa shape index (κ2) is 6.43. The first-order chi connectivity index (χ1) is 10.0. The van der Waals surface area contributed by atoms with Gasteiger partial charge in [0.25, 0.3) is 0 Å². The minimum Gasteiger partial charge on any atom is -0.481 e. The van der Waals surface area contributed by atoms with E-state index in [1.807, 2.05) is 30.1 Å². The molecule has 1 heterocycles. The lowest BCUT2D eigenvalue weighted by molar-refractivity contribution is -0.136. The highest BCUT2D eigenvalue weighted by molar-refractivity contribution is 5.97. The van der Waals surface area contributed by atoms with Crippen LogP contribution in [-0.2, 0) is 16.0 Å². The highest BCUT2D eigenvalue weighted by Crippen LogP contribution is 2.31. The summed E-state index contributed by atoms with van der Waals surface area (Å²) < 4.78 is 0. The van der Waals surface area contributed by atoms with Crippen LogP contribution in [-0.4, -0.2) is 37.1 Å². The maximum Gasteiger partial charge on any atom is 0.305 e. The Morgan fingerprint density at radius 1 is 1.48 bits per heavy atom. The number of carbonyl (C=O) groups excluding carboxylic acids is 1. The number of rotatable bonds is 6. The molecular formula is C16H20N2O3. The zero-order valence-electron chi connectivity index (χ0n) is 12.2. The SMILES string of the molecule is C=CCN1C(=O)CCc2cc(N(C)CCC(=O)O)ccc21. The molecule has 0 radical (unpaired) electrons. The fraction of sp³-hybridized carbons (Fsp3) is 0.375. The van der Waals surface area contributed by atoms with E-state index in [1.165, 1.54) is 0 Å². The molecule has 0 spiro atoms. The van der Waals surface area contributed by atoms with Crippen LogP contribution in [0.5, 0.6) is 0 Å². The summed E-state index contributed by atoms with van der Waals surface area (Å²) in [6.07, 6.45) is 3.06. The lowest BCUT2D eigenvalue weighted by Gasteiger charge is -2.30. The Balaban J connectivity index is 2.21. The van der Waals surface area contributed by atoms with Gasteiger partial charge in [-0.15, -0.1) is 6.58 Å². The summed E-state index contributed by atoms with van der Waals surface area (Å²) in [6.45, 7) is 4.67. The van der Waals surface area contributed by atoms with Gasteiger partial charge in [-0.3, -0.25) is 9.59 Å². The number of benzene rings is 1. The fourth-order valence-corrected chi connectivity index (χ4v) is 2.51. The number of aliphatic carboxylic acids is 1. The Bertz CT molecular complexity index is 569. The van der Waals surface area contributed by atoms with E-state index in [2.05, 4.69) is 6.58 Å². The molecule has 1 aliphatic heterocycles. The van der Waals surface area contributed by atoms with Crippen molar-refractivity contribution < 1.29 is 14.7 Å². The molecule has 0 saturated heterocycles. The van der Waals surface area contributed by atoms with Crippen molar-refractivity contribution in [2.45, 2.75) is 19.3 Å². The first-order valence-corrected chi connectivity index (χ1v) is 7.00. The Morgan fingerprint density at radius 2 is 2.24 bits per heavy atom. The van der Waals surface area contributed by atoms with Crippen molar-refractivity contribution >= 4 is 23.3 Å². The number of carboxylic acids is 1. The van der Waals surface area contributed by atoms with Gasteiger partial charge in [-0.25, -0.2) is 0 Å². The number of amides is 1. The lowest BCUT2D eigenvalue weighted by atomic mass is 10.00. The molecule has 5 nitrogen and oxygen atoms in total. The van der Waals surface area contributed by atoms with Crippen LogP contribution in [0.2, 0.25) is 0 Å². The quantitative estimate of drug-likeness (QED) is 0.814. The molecule has 5 heteroatoms. The molecule has 0 bridgehead atoms. The van der Waals surface area contributed by atoms with Gasteiger partial charge in [0.1, 0.15) is 0 Å². The second-order valence-electron chi connectivity index (χ2n) is 5.17. The number of aryl methyl sites for hydroxylation is 1. The highest BCUT2D eigenvalue weighted by atomic mass is 16.4. The summed E-state index contributed by atoms with van der Waals surface area (Å²) in [7, 11) is 1.88. The molecular weight excluding hydrogens is 268 g/mol. The van der Waals surface area contributed by atoms with Crippen molar-refractivity contribution in [3.63, 3.8) is 0 Å². The number of hydrogen-bond donors (Lipinski definition) is 1. The molecule has 112 valence electrons. The molecule has 0 aliphatic carbocycles. The van der Waals surface area contributed by atoms with Gasteiger partial charge in [0.05, 0.1) is 6.42 Å². The van der Waals surface area contributed by atoms with Crippen LogP contribution in [0.25, 0.3) is 0 Å². The van der Waals surface area contributed by atoms with E-state index < -0.39 is 5.97 Å². The van der Waals surface area contributed by atoms with E-state index in [0.717, 1.165) is 23.4 Å². The van der Waals surface area contributed by atoms with Crippen molar-refractivity contribution in [1.82, 2.24) is 0 Å². The number of hydrogen-bond acceptors (Lipinski definition) is 3. The fourth-order valence-electron chi connectivity index (χ4n) is 2.51. The largest absolute Gasteiger partial charge is 0.481 e. The van der Waals surface area contributed by atoms with Gasteiger partial charge in [-0.2, -0.15) is 0 Å². The molecule has 0 atom stereocenters. The van der Waals surface area contributed by atoms with E-state index in [4.69, 9.17) is 5.11 Å². The smallest absolute Gasteiger partial charge is 0.305 e. The number of carboxylic acid groups (broad SMARTS) is 1. The summed E-state index contributed by atoms with van der Waals surface area (Å²) in [6, 6.07) is 5.90. The van der Waals surface area contributed by atoms with Crippen molar-refractivity contribution in [2.75, 3.05) is 29.9 Å². The van der Waals surface area contributed by atoms with Gasteiger partial charge in [-0.05, 0) is 30.2 Å². The van der Waals surface area contributed by atoms with Crippen LogP contribution in [0.3, 0.4) is 0 Å². The van der Waals surface area contributed by atoms with Crippen LogP contribution < -0.4 is 9.80 Å². The van der Waals surface area contributed by atoms with Crippen LogP contribution in [0.4, 0.5) is 11.4 Å². The van der Waals surface area contributed by atoms with Crippen molar-refractivity contribution in [1.29, 1.82) is 0 Å². The van der Waals surface area contributed by atoms with Gasteiger partial charge in [0.15, 0.2) is 0 Å². The summed E-state index contributed by atoms with van der Waals surface area (Å²) >= 11 is 0. The van der Waals surface area contributed by atoms with Crippen molar-refractivity contribution in [3.05, 3.63) is 36.4 Å². The number of anilines is 2. The van der Waals surface area contributed by atoms with E-state index in [-0.39, 0.29) is 12.3 Å². The van der Waals surface area contributed by atoms with Gasteiger partial charge in [0.2, 0.25) is 5.91 Å². The van der Waals surface area contributed by atoms with E-state index in [0.29, 0.717) is 19.5 Å². The third kappa shape index (κ3) is 3.42. The zero-order chi connectivity index (χ0) is 15.4. The van der Waals surface area contributed by atoms with E-state index in [1.54, 1.807) is 11.0 Å². The Morgan fingerprint density at radius 3 is 2.90 bits per heavy atom. The average Bonchev–Trinajstić information content (AvgIpc) is 2.47. The summed E-state index contributed by atoms with van der Waals surface area (Å²) in [5, 5.41) is 8.74. The molecule has 1 aromatic rings. The monoisotopic (exact) mass is 288 g/mol. The van der Waals surface area contributed by atoms with Crippen LogP contribution in [0.15, 0.2) is 30.9 Å². The Kier molecular flexibility index (Phi) is 4.62. The maximum absolute atomic E-state index is 11.9. The molecule has 1 amide bonds. The Hall–Kier alpha value is -2.30. The second-order valence-corrected chi connectivity index (χ2v) is 5.17. The summed E-state index contributed by atoms with van der Waals surface area (Å²) in [4.78, 5) is 26.2. The third-order valence-corrected chi connectivity index (χ3v) is 3.68. The standard InChI is InChI=1S/C16H20N2O3/c1-3-9-18-14-6-5-13(17(2)10-8-16(20)21)11-12(14)4-7-15(18)19/h3,5-6,11H,1,4,7-10H2,2H3,(H,20,21). The zero-order valence-corrected chi connectivity index (χ0v) is 12.2. The minimum atomic E-state index is -0.803. The lowest BCUT2D eigenvalue weighted by Crippen LogP contribution is -2.35. The molecule has 21 heavy (non-hydrogen) atoms. The molecule has 0 unspecified atom stereocenters. The number of nitrogens with zero attached hydrogens (tertiary/aromatic N) is 2. The van der Waals surface area contributed by atoms with Crippen LogP contribution in [0, 0.1) is 0 Å². The average molecular weight is 288 g/mol. The highest BCUT2D eigenvalue weighted by Gasteiger charge is 2.23. The van der Waals surface area contributed by atoms with E-state index in [9.17, 15) is 9.59 Å². The Labute approximate surface area is 124 Å². The first kappa shape index (κ1) is 15.1. The topological polar surface area (TPSA) is 60.9 Å². The number of carbonyl (C=O) groups is 2. The number of fused-ring (bicyclic) bond motifs is 1. The summed E-state index contributed by atoms with van der Waals surface area (Å²) in [5.74, 6) is -0.683. The molecule has 0 aromatic heterocycles. The van der Waals surface area contributed by atoms with Gasteiger partial charge in [-0.1, -0.05) is 6.08 Å². The maximum atomic E-state index is 11.9. The summed E-state index contributed by atoms with van der Waals surface area (Å²) in [5.41, 5.74) is 3.03. The molecule has 1 aliphatic rings. The predicted molar refractivity (Wildman–Crippen MR) is 82.8 cm³/mol. The van der Waals surface area contributed by atoms with Gasteiger partial charge >= 0.3 is 5.97 Å². The van der Waals surface area contributed by atoms with Crippen LogP contribution >= 0.6 is 0 Å². The van der Waals surface area contributed by atoms with Crippen molar-refractivity contribution in [3.8, 4) is 0 Å². The van der Waals surface area contributed by atoms with Gasteiger partial charge < -0.3 is 14.9 Å². The molecule has 2 rings (SSSR count). The van der Waals surface area contributed by atoms with Crippen LogP contribution in [0.1, 0.15) is 18.4 Å². The first-order valence-electron chi connectivity index (χ1n) is 7.00. The van der Waals surface area contributed by atoms with E-state index >= 15 is 0 Å². The molecule has 0 fully saturated rings.